The van der Waals surface area contributed by atoms with Gasteiger partial charge in [0.15, 0.2) is 0 Å². The van der Waals surface area contributed by atoms with Gasteiger partial charge < -0.3 is 10.4 Å². The van der Waals surface area contributed by atoms with E-state index in [1.165, 1.54) is 38.5 Å². The van der Waals surface area contributed by atoms with Gasteiger partial charge in [-0.2, -0.15) is 0 Å². The SMILES string of the molecule is CNC(C)[C@H]1CC[C@H]2[C@@H]3CC=C4CC(O)CC[C@]4(C)[C@H]3CC[C@]12C. The van der Waals surface area contributed by atoms with Crippen molar-refractivity contribution >= 4 is 0 Å². The Morgan fingerprint density at radius 3 is 2.67 bits per heavy atom. The smallest absolute Gasteiger partial charge is 0.0577 e. The highest BCUT2D eigenvalue weighted by atomic mass is 16.3. The van der Waals surface area contributed by atoms with Crippen LogP contribution in [0.25, 0.3) is 0 Å². The van der Waals surface area contributed by atoms with E-state index in [9.17, 15) is 5.11 Å². The Kier molecular flexibility index (Phi) is 4.16. The third-order valence-corrected chi connectivity index (χ3v) is 9.21. The summed E-state index contributed by atoms with van der Waals surface area (Å²) in [6.45, 7) is 7.55. The highest BCUT2D eigenvalue weighted by Gasteiger charge is 2.59. The van der Waals surface area contributed by atoms with Gasteiger partial charge in [-0.3, -0.25) is 0 Å². The topological polar surface area (TPSA) is 32.3 Å². The second-order valence-corrected chi connectivity index (χ2v) is 9.96. The number of aliphatic hydroxyl groups excluding tert-OH is 1. The summed E-state index contributed by atoms with van der Waals surface area (Å²) >= 11 is 0. The zero-order valence-electron chi connectivity index (χ0n) is 16.1. The fraction of sp³-hybridized carbons (Fsp3) is 0.909. The van der Waals surface area contributed by atoms with Crippen LogP contribution >= 0.6 is 0 Å². The third-order valence-electron chi connectivity index (χ3n) is 9.21. The Morgan fingerprint density at radius 2 is 1.92 bits per heavy atom. The normalized spacial score (nSPS) is 52.0. The van der Waals surface area contributed by atoms with Gasteiger partial charge in [0.1, 0.15) is 0 Å². The lowest BCUT2D eigenvalue weighted by atomic mass is 9.47. The third kappa shape index (κ3) is 2.28. The van der Waals surface area contributed by atoms with Crippen LogP contribution in [0.3, 0.4) is 0 Å². The number of hydrogen-bond acceptors (Lipinski definition) is 2. The molecule has 2 unspecified atom stereocenters. The molecule has 0 bridgehead atoms. The van der Waals surface area contributed by atoms with Crippen LogP contribution in [0.5, 0.6) is 0 Å². The molecule has 0 aromatic carbocycles. The van der Waals surface area contributed by atoms with Crippen LogP contribution in [-0.4, -0.2) is 24.3 Å². The van der Waals surface area contributed by atoms with Crippen molar-refractivity contribution in [1.82, 2.24) is 5.32 Å². The summed E-state index contributed by atoms with van der Waals surface area (Å²) in [6, 6.07) is 0.645. The zero-order valence-corrected chi connectivity index (χ0v) is 16.1. The molecule has 4 rings (SSSR count). The number of allylic oxidation sites excluding steroid dienone is 1. The second kappa shape index (κ2) is 5.84. The van der Waals surface area contributed by atoms with Gasteiger partial charge in [-0.15, -0.1) is 0 Å². The van der Waals surface area contributed by atoms with Crippen molar-refractivity contribution in [2.45, 2.75) is 84.3 Å². The summed E-state index contributed by atoms with van der Waals surface area (Å²) in [5.74, 6) is 3.52. The van der Waals surface area contributed by atoms with Crippen molar-refractivity contribution in [2.75, 3.05) is 7.05 Å². The molecular weight excluding hydrogens is 294 g/mol. The fourth-order valence-electron chi connectivity index (χ4n) is 7.70. The van der Waals surface area contributed by atoms with Crippen molar-refractivity contribution in [3.05, 3.63) is 11.6 Å². The zero-order chi connectivity index (χ0) is 17.1. The van der Waals surface area contributed by atoms with Gasteiger partial charge in [0.2, 0.25) is 0 Å². The van der Waals surface area contributed by atoms with E-state index in [1.54, 1.807) is 5.57 Å². The number of hydrogen-bond donors (Lipinski definition) is 2. The van der Waals surface area contributed by atoms with Crippen molar-refractivity contribution in [3.63, 3.8) is 0 Å². The van der Waals surface area contributed by atoms with E-state index in [1.807, 2.05) is 0 Å². The Labute approximate surface area is 148 Å². The molecule has 8 atom stereocenters. The van der Waals surface area contributed by atoms with Crippen molar-refractivity contribution < 1.29 is 5.11 Å². The van der Waals surface area contributed by atoms with Gasteiger partial charge in [0.05, 0.1) is 6.10 Å². The van der Waals surface area contributed by atoms with Crippen LogP contribution in [0.1, 0.15) is 72.1 Å². The molecule has 0 aromatic heterocycles. The maximum Gasteiger partial charge on any atom is 0.0577 e. The first kappa shape index (κ1) is 17.1. The average molecular weight is 332 g/mol. The van der Waals surface area contributed by atoms with Gasteiger partial charge >= 0.3 is 0 Å². The number of rotatable bonds is 2. The molecule has 0 aromatic rings. The summed E-state index contributed by atoms with van der Waals surface area (Å²) < 4.78 is 0. The van der Waals surface area contributed by atoms with E-state index >= 15 is 0 Å². The van der Waals surface area contributed by atoms with Gasteiger partial charge in [0, 0.05) is 6.04 Å². The first-order valence-electron chi connectivity index (χ1n) is 10.4. The van der Waals surface area contributed by atoms with E-state index in [4.69, 9.17) is 0 Å². The van der Waals surface area contributed by atoms with Gasteiger partial charge in [-0.25, -0.2) is 0 Å². The van der Waals surface area contributed by atoms with Crippen LogP contribution in [0.2, 0.25) is 0 Å². The fourth-order valence-corrected chi connectivity index (χ4v) is 7.70. The Morgan fingerprint density at radius 1 is 1.12 bits per heavy atom. The van der Waals surface area contributed by atoms with E-state index < -0.39 is 0 Å². The Balaban J connectivity index is 1.63. The quantitative estimate of drug-likeness (QED) is 0.728. The van der Waals surface area contributed by atoms with Gasteiger partial charge in [0.25, 0.3) is 0 Å². The molecule has 4 aliphatic rings. The molecule has 2 nitrogen and oxygen atoms in total. The predicted octanol–water partition coefficient (Wildman–Crippen LogP) is 4.53. The predicted molar refractivity (Wildman–Crippen MR) is 99.7 cm³/mol. The minimum absolute atomic E-state index is 0.0814. The summed E-state index contributed by atoms with van der Waals surface area (Å²) in [4.78, 5) is 0. The van der Waals surface area contributed by atoms with Crippen molar-refractivity contribution in [1.29, 1.82) is 0 Å². The number of aliphatic hydroxyl groups is 1. The average Bonchev–Trinajstić information content (AvgIpc) is 2.92. The molecule has 24 heavy (non-hydrogen) atoms. The van der Waals surface area contributed by atoms with Gasteiger partial charge in [-0.1, -0.05) is 25.5 Å². The van der Waals surface area contributed by atoms with Gasteiger partial charge in [-0.05, 0) is 99.8 Å². The molecule has 0 radical (unpaired) electrons. The van der Waals surface area contributed by atoms with E-state index in [0.29, 0.717) is 16.9 Å². The molecule has 136 valence electrons. The second-order valence-electron chi connectivity index (χ2n) is 9.96. The molecule has 3 fully saturated rings. The van der Waals surface area contributed by atoms with E-state index in [-0.39, 0.29) is 6.10 Å². The summed E-state index contributed by atoms with van der Waals surface area (Å²) in [7, 11) is 2.14. The lowest BCUT2D eigenvalue weighted by Crippen LogP contribution is -2.52. The first-order valence-corrected chi connectivity index (χ1v) is 10.4. The molecule has 0 saturated heterocycles. The Bertz CT molecular complexity index is 528. The van der Waals surface area contributed by atoms with Crippen molar-refractivity contribution in [3.8, 4) is 0 Å². The molecule has 0 spiro atoms. The van der Waals surface area contributed by atoms with E-state index in [2.05, 4.69) is 39.2 Å². The maximum atomic E-state index is 10.1. The molecule has 0 amide bonds. The molecule has 4 aliphatic carbocycles. The molecule has 0 aliphatic heterocycles. The highest BCUT2D eigenvalue weighted by molar-refractivity contribution is 5.25. The Hall–Kier alpha value is -0.340. The lowest BCUT2D eigenvalue weighted by Gasteiger charge is -2.58. The maximum absolute atomic E-state index is 10.1. The molecule has 2 N–H and O–H groups in total. The molecule has 2 heteroatoms. The van der Waals surface area contributed by atoms with Crippen LogP contribution in [0, 0.1) is 34.5 Å². The van der Waals surface area contributed by atoms with Crippen LogP contribution in [0.15, 0.2) is 11.6 Å². The van der Waals surface area contributed by atoms with Crippen molar-refractivity contribution in [2.24, 2.45) is 34.5 Å². The first-order chi connectivity index (χ1) is 11.4. The van der Waals surface area contributed by atoms with Crippen LogP contribution < -0.4 is 5.32 Å². The minimum atomic E-state index is -0.0814. The highest BCUT2D eigenvalue weighted by Crippen LogP contribution is 2.66. The number of nitrogens with one attached hydrogen (secondary N) is 1. The van der Waals surface area contributed by atoms with Crippen LogP contribution in [0.4, 0.5) is 0 Å². The summed E-state index contributed by atoms with van der Waals surface area (Å²) in [5.41, 5.74) is 2.53. The summed E-state index contributed by atoms with van der Waals surface area (Å²) in [6.07, 6.45) is 12.6. The van der Waals surface area contributed by atoms with E-state index in [0.717, 1.165) is 36.5 Å². The summed E-state index contributed by atoms with van der Waals surface area (Å²) in [5, 5.41) is 13.7. The standard InChI is InChI=1S/C22H37NO/c1-14(23-4)18-7-8-19-17-6-5-15-13-16(24)9-11-21(15,2)20(17)10-12-22(18,19)3/h5,14,16-20,23-24H,6-13H2,1-4H3/t14?,16?,17-,18+,19-,20-,21-,22+/m0/s1. The molecular formula is C22H37NO. The molecule has 3 saturated carbocycles. The van der Waals surface area contributed by atoms with Crippen LogP contribution in [-0.2, 0) is 0 Å². The largest absolute Gasteiger partial charge is 0.393 e. The monoisotopic (exact) mass is 331 g/mol. The molecule has 0 heterocycles. The minimum Gasteiger partial charge on any atom is -0.393 e. The lowest BCUT2D eigenvalue weighted by molar-refractivity contribution is -0.0532. The number of fused-ring (bicyclic) bond motifs is 5.